The largest absolute Gasteiger partial charge is 0.399 e. The number of benzene rings is 2. The summed E-state index contributed by atoms with van der Waals surface area (Å²) in [5.41, 5.74) is 9.85. The maximum atomic E-state index is 5.78. The SMILES string of the molecule is Cc1sc2nnc(-c3ccc(N)cc3)n2c1-c1ccccc1. The lowest BCUT2D eigenvalue weighted by Crippen LogP contribution is -1.93. The highest BCUT2D eigenvalue weighted by molar-refractivity contribution is 7.17. The first-order valence-corrected chi connectivity index (χ1v) is 7.81. The first-order chi connectivity index (χ1) is 10.7. The van der Waals surface area contributed by atoms with Crippen LogP contribution < -0.4 is 5.73 Å². The van der Waals surface area contributed by atoms with Crippen LogP contribution in [-0.4, -0.2) is 14.6 Å². The topological polar surface area (TPSA) is 56.2 Å². The van der Waals surface area contributed by atoms with Crippen LogP contribution in [0.25, 0.3) is 27.6 Å². The minimum absolute atomic E-state index is 0.745. The van der Waals surface area contributed by atoms with E-state index in [0.29, 0.717) is 0 Å². The first-order valence-electron chi connectivity index (χ1n) is 7.00. The highest BCUT2D eigenvalue weighted by atomic mass is 32.1. The van der Waals surface area contributed by atoms with E-state index >= 15 is 0 Å². The zero-order chi connectivity index (χ0) is 15.1. The lowest BCUT2D eigenvalue weighted by molar-refractivity contribution is 1.11. The van der Waals surface area contributed by atoms with Crippen LogP contribution in [0.3, 0.4) is 0 Å². The van der Waals surface area contributed by atoms with E-state index in [1.165, 1.54) is 10.4 Å². The van der Waals surface area contributed by atoms with Crippen LogP contribution in [0.4, 0.5) is 5.69 Å². The van der Waals surface area contributed by atoms with E-state index in [2.05, 4.69) is 33.7 Å². The van der Waals surface area contributed by atoms with Gasteiger partial charge in [-0.15, -0.1) is 10.2 Å². The molecule has 2 N–H and O–H groups in total. The molecule has 0 saturated carbocycles. The van der Waals surface area contributed by atoms with Crippen molar-refractivity contribution in [3.05, 3.63) is 59.5 Å². The van der Waals surface area contributed by atoms with Gasteiger partial charge in [-0.1, -0.05) is 41.7 Å². The summed E-state index contributed by atoms with van der Waals surface area (Å²) in [6, 6.07) is 18.1. The Labute approximate surface area is 131 Å². The summed E-state index contributed by atoms with van der Waals surface area (Å²) < 4.78 is 2.13. The second-order valence-corrected chi connectivity index (χ2v) is 6.32. The number of rotatable bonds is 2. The zero-order valence-electron chi connectivity index (χ0n) is 12.0. The van der Waals surface area contributed by atoms with E-state index < -0.39 is 0 Å². The average molecular weight is 306 g/mol. The number of nitrogen functional groups attached to an aromatic ring is 1. The molecule has 0 saturated heterocycles. The molecule has 0 spiro atoms. The highest BCUT2D eigenvalue weighted by Crippen LogP contribution is 2.34. The normalized spacial score (nSPS) is 11.1. The van der Waals surface area contributed by atoms with Crippen molar-refractivity contribution in [3.8, 4) is 22.6 Å². The molecule has 0 radical (unpaired) electrons. The van der Waals surface area contributed by atoms with Gasteiger partial charge in [0.05, 0.1) is 5.69 Å². The number of thiazole rings is 1. The van der Waals surface area contributed by atoms with Crippen molar-refractivity contribution in [1.29, 1.82) is 0 Å². The zero-order valence-corrected chi connectivity index (χ0v) is 12.8. The van der Waals surface area contributed by atoms with Gasteiger partial charge in [0.1, 0.15) is 0 Å². The summed E-state index contributed by atoms with van der Waals surface area (Å²) in [7, 11) is 0. The molecular formula is C17H14N4S. The Kier molecular flexibility index (Phi) is 2.94. The fourth-order valence-corrected chi connectivity index (χ4v) is 3.56. The highest BCUT2D eigenvalue weighted by Gasteiger charge is 2.17. The molecule has 4 rings (SSSR count). The Morgan fingerprint density at radius 1 is 0.909 bits per heavy atom. The number of aryl methyl sites for hydroxylation is 1. The van der Waals surface area contributed by atoms with Gasteiger partial charge in [-0.2, -0.15) is 0 Å². The fourth-order valence-electron chi connectivity index (χ4n) is 2.63. The molecule has 2 heterocycles. The lowest BCUT2D eigenvalue weighted by Gasteiger charge is -2.05. The predicted octanol–water partition coefficient (Wildman–Crippen LogP) is 4.02. The Morgan fingerprint density at radius 2 is 1.64 bits per heavy atom. The van der Waals surface area contributed by atoms with Crippen LogP contribution in [-0.2, 0) is 0 Å². The lowest BCUT2D eigenvalue weighted by atomic mass is 10.1. The van der Waals surface area contributed by atoms with Crippen molar-refractivity contribution in [3.63, 3.8) is 0 Å². The van der Waals surface area contributed by atoms with Crippen LogP contribution in [0.15, 0.2) is 54.6 Å². The van der Waals surface area contributed by atoms with Crippen LogP contribution in [0.2, 0.25) is 0 Å². The number of hydrogen-bond acceptors (Lipinski definition) is 4. The molecule has 0 bridgehead atoms. The summed E-state index contributed by atoms with van der Waals surface area (Å²) in [6.45, 7) is 2.12. The molecule has 22 heavy (non-hydrogen) atoms. The minimum atomic E-state index is 0.745. The molecule has 4 aromatic rings. The number of nitrogens with zero attached hydrogens (tertiary/aromatic N) is 3. The third-order valence-electron chi connectivity index (χ3n) is 3.65. The van der Waals surface area contributed by atoms with Crippen LogP contribution >= 0.6 is 11.3 Å². The molecule has 0 fully saturated rings. The first kappa shape index (κ1) is 13.0. The van der Waals surface area contributed by atoms with Gasteiger partial charge in [-0.05, 0) is 36.8 Å². The van der Waals surface area contributed by atoms with E-state index in [1.54, 1.807) is 11.3 Å². The molecule has 2 aromatic carbocycles. The van der Waals surface area contributed by atoms with Crippen molar-refractivity contribution in [2.24, 2.45) is 0 Å². The van der Waals surface area contributed by atoms with Crippen molar-refractivity contribution in [2.45, 2.75) is 6.92 Å². The predicted molar refractivity (Wildman–Crippen MR) is 90.9 cm³/mol. The summed E-state index contributed by atoms with van der Waals surface area (Å²) in [6.07, 6.45) is 0. The second-order valence-electron chi connectivity index (χ2n) is 5.14. The molecule has 0 aliphatic heterocycles. The summed E-state index contributed by atoms with van der Waals surface area (Å²) in [5, 5.41) is 8.69. The number of aromatic nitrogens is 3. The Hall–Kier alpha value is -2.66. The molecule has 2 aromatic heterocycles. The van der Waals surface area contributed by atoms with E-state index in [-0.39, 0.29) is 0 Å². The second kappa shape index (κ2) is 4.96. The molecule has 0 atom stereocenters. The number of fused-ring (bicyclic) bond motifs is 1. The van der Waals surface area contributed by atoms with Gasteiger partial charge in [0, 0.05) is 16.1 Å². The molecule has 5 heteroatoms. The molecule has 0 unspecified atom stereocenters. The maximum Gasteiger partial charge on any atom is 0.217 e. The van der Waals surface area contributed by atoms with E-state index in [0.717, 1.165) is 27.7 Å². The van der Waals surface area contributed by atoms with Gasteiger partial charge in [0.25, 0.3) is 0 Å². The van der Waals surface area contributed by atoms with Crippen molar-refractivity contribution < 1.29 is 0 Å². The smallest absolute Gasteiger partial charge is 0.217 e. The average Bonchev–Trinajstić information content (AvgIpc) is 3.07. The van der Waals surface area contributed by atoms with Gasteiger partial charge in [0.15, 0.2) is 5.82 Å². The molecular weight excluding hydrogens is 292 g/mol. The molecule has 108 valence electrons. The van der Waals surface area contributed by atoms with Gasteiger partial charge >= 0.3 is 0 Å². The third-order valence-corrected chi connectivity index (χ3v) is 4.60. The summed E-state index contributed by atoms with van der Waals surface area (Å²) in [5.74, 6) is 0.846. The van der Waals surface area contributed by atoms with Gasteiger partial charge in [-0.3, -0.25) is 4.40 Å². The monoisotopic (exact) mass is 306 g/mol. The van der Waals surface area contributed by atoms with Crippen molar-refractivity contribution >= 4 is 22.0 Å². The quantitative estimate of drug-likeness (QED) is 0.569. The fraction of sp³-hybridized carbons (Fsp3) is 0.0588. The molecule has 0 amide bonds. The Bertz CT molecular complexity index is 936. The number of hydrogen-bond donors (Lipinski definition) is 1. The maximum absolute atomic E-state index is 5.78. The number of nitrogens with two attached hydrogens (primary N) is 1. The molecule has 0 aliphatic rings. The van der Waals surface area contributed by atoms with Crippen LogP contribution in [0.5, 0.6) is 0 Å². The van der Waals surface area contributed by atoms with Gasteiger partial charge < -0.3 is 5.73 Å². The summed E-state index contributed by atoms with van der Waals surface area (Å²) in [4.78, 5) is 2.14. The molecule has 0 aliphatic carbocycles. The van der Waals surface area contributed by atoms with Crippen LogP contribution in [0.1, 0.15) is 4.88 Å². The summed E-state index contributed by atoms with van der Waals surface area (Å²) >= 11 is 1.66. The van der Waals surface area contributed by atoms with Crippen LogP contribution in [0, 0.1) is 6.92 Å². The van der Waals surface area contributed by atoms with E-state index in [1.807, 2.05) is 42.5 Å². The van der Waals surface area contributed by atoms with Crippen molar-refractivity contribution in [2.75, 3.05) is 5.73 Å². The number of anilines is 1. The minimum Gasteiger partial charge on any atom is -0.399 e. The molecule has 4 nitrogen and oxygen atoms in total. The third kappa shape index (κ3) is 1.98. The Morgan fingerprint density at radius 3 is 2.36 bits per heavy atom. The van der Waals surface area contributed by atoms with Gasteiger partial charge in [0.2, 0.25) is 4.96 Å². The van der Waals surface area contributed by atoms with E-state index in [4.69, 9.17) is 5.73 Å². The van der Waals surface area contributed by atoms with Crippen molar-refractivity contribution in [1.82, 2.24) is 14.6 Å². The Balaban J connectivity index is 2.00. The standard InChI is InChI=1S/C17H14N4S/c1-11-15(12-5-3-2-4-6-12)21-16(19-20-17(21)22-11)13-7-9-14(18)10-8-13/h2-10H,18H2,1H3. The van der Waals surface area contributed by atoms with Gasteiger partial charge in [-0.25, -0.2) is 0 Å². The van der Waals surface area contributed by atoms with E-state index in [9.17, 15) is 0 Å².